The molecular weight excluding hydrogens is 386 g/mol. The van der Waals surface area contributed by atoms with E-state index in [2.05, 4.69) is 33.7 Å². The Labute approximate surface area is 182 Å². The summed E-state index contributed by atoms with van der Waals surface area (Å²) in [5.41, 5.74) is 4.19. The summed E-state index contributed by atoms with van der Waals surface area (Å²) < 4.78 is 13.8. The maximum Gasteiger partial charge on any atom is 0.120 e. The number of methoxy groups -OCH3 is 1. The molecule has 31 heavy (non-hydrogen) atoms. The predicted octanol–water partition coefficient (Wildman–Crippen LogP) is 5.65. The normalized spacial score (nSPS) is 18.9. The second-order valence-electron chi connectivity index (χ2n) is 8.16. The van der Waals surface area contributed by atoms with Gasteiger partial charge in [-0.1, -0.05) is 42.5 Å². The number of ether oxygens (including phenoxy) is 2. The molecule has 0 N–H and O–H groups in total. The zero-order valence-electron chi connectivity index (χ0n) is 17.8. The first kappa shape index (κ1) is 19.8. The van der Waals surface area contributed by atoms with Crippen molar-refractivity contribution in [2.24, 2.45) is 0 Å². The molecule has 0 bridgehead atoms. The second kappa shape index (κ2) is 8.90. The maximum absolute atomic E-state index is 6.05. The van der Waals surface area contributed by atoms with Crippen molar-refractivity contribution in [2.45, 2.75) is 44.3 Å². The highest BCUT2D eigenvalue weighted by molar-refractivity contribution is 5.78. The van der Waals surface area contributed by atoms with Crippen LogP contribution in [0.25, 0.3) is 16.8 Å². The SMILES string of the molecule is COC1CCC(c2nc(-c3cccc(OCc4ccccc4)c3)c3cnccn23)CC1. The van der Waals surface area contributed by atoms with Crippen LogP contribution in [-0.4, -0.2) is 27.6 Å². The molecule has 2 heterocycles. The Morgan fingerprint density at radius 2 is 1.84 bits per heavy atom. The minimum Gasteiger partial charge on any atom is -0.489 e. The van der Waals surface area contributed by atoms with Gasteiger partial charge in [0, 0.05) is 31.0 Å². The first-order valence-corrected chi connectivity index (χ1v) is 10.9. The van der Waals surface area contributed by atoms with Gasteiger partial charge in [-0.2, -0.15) is 0 Å². The number of aromatic nitrogens is 3. The zero-order valence-corrected chi connectivity index (χ0v) is 17.8. The highest BCUT2D eigenvalue weighted by atomic mass is 16.5. The highest BCUT2D eigenvalue weighted by Crippen LogP contribution is 2.36. The lowest BCUT2D eigenvalue weighted by atomic mass is 9.87. The van der Waals surface area contributed by atoms with Crippen molar-refractivity contribution in [3.05, 3.63) is 84.6 Å². The van der Waals surface area contributed by atoms with E-state index in [0.717, 1.165) is 59.6 Å². The molecule has 0 radical (unpaired) electrons. The van der Waals surface area contributed by atoms with Crippen LogP contribution in [0.1, 0.15) is 43.0 Å². The summed E-state index contributed by atoms with van der Waals surface area (Å²) in [7, 11) is 1.81. The van der Waals surface area contributed by atoms with E-state index >= 15 is 0 Å². The highest BCUT2D eigenvalue weighted by Gasteiger charge is 2.26. The van der Waals surface area contributed by atoms with Crippen molar-refractivity contribution in [1.29, 1.82) is 0 Å². The van der Waals surface area contributed by atoms with Crippen LogP contribution in [-0.2, 0) is 11.3 Å². The van der Waals surface area contributed by atoms with Gasteiger partial charge in [-0.25, -0.2) is 4.98 Å². The Morgan fingerprint density at radius 3 is 2.65 bits per heavy atom. The van der Waals surface area contributed by atoms with E-state index in [-0.39, 0.29) is 0 Å². The second-order valence-corrected chi connectivity index (χ2v) is 8.16. The average Bonchev–Trinajstić information content (AvgIpc) is 3.23. The Morgan fingerprint density at radius 1 is 1.00 bits per heavy atom. The molecule has 1 saturated carbocycles. The fraction of sp³-hybridized carbons (Fsp3) is 0.308. The summed E-state index contributed by atoms with van der Waals surface area (Å²) in [5.74, 6) is 2.40. The number of hydrogen-bond donors (Lipinski definition) is 0. The van der Waals surface area contributed by atoms with Crippen molar-refractivity contribution >= 4 is 5.52 Å². The molecule has 0 atom stereocenters. The van der Waals surface area contributed by atoms with Gasteiger partial charge < -0.3 is 9.47 Å². The zero-order chi connectivity index (χ0) is 21.0. The van der Waals surface area contributed by atoms with Gasteiger partial charge in [-0.3, -0.25) is 9.38 Å². The molecule has 5 nitrogen and oxygen atoms in total. The molecule has 158 valence electrons. The van der Waals surface area contributed by atoms with Crippen LogP contribution in [0.2, 0.25) is 0 Å². The summed E-state index contributed by atoms with van der Waals surface area (Å²) in [6, 6.07) is 18.4. The number of nitrogens with zero attached hydrogens (tertiary/aromatic N) is 3. The van der Waals surface area contributed by atoms with E-state index in [1.165, 1.54) is 0 Å². The van der Waals surface area contributed by atoms with Gasteiger partial charge in [0.25, 0.3) is 0 Å². The van der Waals surface area contributed by atoms with E-state index in [4.69, 9.17) is 14.5 Å². The molecule has 0 amide bonds. The molecule has 5 rings (SSSR count). The molecular formula is C26H27N3O2. The molecule has 0 saturated heterocycles. The third kappa shape index (κ3) is 4.19. The quantitative estimate of drug-likeness (QED) is 0.410. The van der Waals surface area contributed by atoms with Gasteiger partial charge in [0.05, 0.1) is 23.5 Å². The number of rotatable bonds is 6. The number of hydrogen-bond acceptors (Lipinski definition) is 4. The summed E-state index contributed by atoms with van der Waals surface area (Å²) in [5, 5.41) is 0. The lowest BCUT2D eigenvalue weighted by Gasteiger charge is -2.26. The molecule has 2 aromatic carbocycles. The Hall–Kier alpha value is -3.18. The summed E-state index contributed by atoms with van der Waals surface area (Å²) in [4.78, 5) is 9.49. The molecule has 4 aromatic rings. The Balaban J connectivity index is 1.44. The predicted molar refractivity (Wildman–Crippen MR) is 121 cm³/mol. The molecule has 1 aliphatic rings. The van der Waals surface area contributed by atoms with Crippen molar-refractivity contribution in [3.63, 3.8) is 0 Å². The van der Waals surface area contributed by atoms with Gasteiger partial charge in [-0.05, 0) is 43.4 Å². The molecule has 5 heteroatoms. The third-order valence-electron chi connectivity index (χ3n) is 6.20. The van der Waals surface area contributed by atoms with Crippen LogP contribution < -0.4 is 4.74 Å². The van der Waals surface area contributed by atoms with Gasteiger partial charge in [-0.15, -0.1) is 0 Å². The van der Waals surface area contributed by atoms with Gasteiger partial charge in [0.1, 0.15) is 18.2 Å². The minimum absolute atomic E-state index is 0.377. The number of benzene rings is 2. The van der Waals surface area contributed by atoms with Gasteiger partial charge >= 0.3 is 0 Å². The van der Waals surface area contributed by atoms with Gasteiger partial charge in [0.15, 0.2) is 0 Å². The van der Waals surface area contributed by atoms with Crippen LogP contribution in [0.4, 0.5) is 0 Å². The fourth-order valence-electron chi connectivity index (χ4n) is 4.49. The maximum atomic E-state index is 6.05. The molecule has 0 aliphatic heterocycles. The average molecular weight is 414 g/mol. The Bertz CT molecular complexity index is 1150. The van der Waals surface area contributed by atoms with Crippen molar-refractivity contribution < 1.29 is 9.47 Å². The van der Waals surface area contributed by atoms with Crippen molar-refractivity contribution in [1.82, 2.24) is 14.4 Å². The topological polar surface area (TPSA) is 48.7 Å². The van der Waals surface area contributed by atoms with E-state index in [0.29, 0.717) is 18.6 Å². The van der Waals surface area contributed by atoms with Crippen LogP contribution >= 0.6 is 0 Å². The van der Waals surface area contributed by atoms with E-state index in [1.807, 2.05) is 56.0 Å². The lowest BCUT2D eigenvalue weighted by molar-refractivity contribution is 0.0650. The summed E-state index contributed by atoms with van der Waals surface area (Å²) in [6.07, 6.45) is 10.5. The Kier molecular flexibility index (Phi) is 5.67. The number of imidazole rings is 1. The minimum atomic E-state index is 0.377. The third-order valence-corrected chi connectivity index (χ3v) is 6.20. The monoisotopic (exact) mass is 413 g/mol. The van der Waals surface area contributed by atoms with Crippen LogP contribution in [0, 0.1) is 0 Å². The van der Waals surface area contributed by atoms with Crippen LogP contribution in [0.5, 0.6) is 5.75 Å². The van der Waals surface area contributed by atoms with E-state index in [9.17, 15) is 0 Å². The first-order chi connectivity index (χ1) is 15.3. The molecule has 0 unspecified atom stereocenters. The van der Waals surface area contributed by atoms with Crippen LogP contribution in [0.3, 0.4) is 0 Å². The summed E-state index contributed by atoms with van der Waals surface area (Å²) in [6.45, 7) is 0.545. The molecule has 1 fully saturated rings. The molecule has 1 aliphatic carbocycles. The number of fused-ring (bicyclic) bond motifs is 1. The van der Waals surface area contributed by atoms with Crippen molar-refractivity contribution in [2.75, 3.05) is 7.11 Å². The van der Waals surface area contributed by atoms with E-state index in [1.54, 1.807) is 0 Å². The molecule has 2 aromatic heterocycles. The van der Waals surface area contributed by atoms with Crippen LogP contribution in [0.15, 0.2) is 73.2 Å². The van der Waals surface area contributed by atoms with Crippen molar-refractivity contribution in [3.8, 4) is 17.0 Å². The lowest BCUT2D eigenvalue weighted by Crippen LogP contribution is -2.20. The molecule has 0 spiro atoms. The smallest absolute Gasteiger partial charge is 0.120 e. The standard InChI is InChI=1S/C26H27N3O2/c1-30-22-12-10-20(11-13-22)26-28-25(24-17-27-14-15-29(24)26)21-8-5-9-23(16-21)31-18-19-6-3-2-4-7-19/h2-9,14-17,20,22H,10-13,18H2,1H3. The summed E-state index contributed by atoms with van der Waals surface area (Å²) >= 11 is 0. The first-order valence-electron chi connectivity index (χ1n) is 10.9. The van der Waals surface area contributed by atoms with E-state index < -0.39 is 0 Å². The largest absolute Gasteiger partial charge is 0.489 e. The fourth-order valence-corrected chi connectivity index (χ4v) is 4.49. The van der Waals surface area contributed by atoms with Gasteiger partial charge in [0.2, 0.25) is 0 Å².